The second kappa shape index (κ2) is 8.66. The van der Waals surface area contributed by atoms with E-state index < -0.39 is 11.3 Å². The molecule has 0 fully saturated rings. The van der Waals surface area contributed by atoms with Crippen LogP contribution in [0.5, 0.6) is 0 Å². The maximum Gasteiger partial charge on any atom is 0.321 e. The zero-order valence-electron chi connectivity index (χ0n) is 14.8. The van der Waals surface area contributed by atoms with Gasteiger partial charge in [-0.1, -0.05) is 43.8 Å². The third kappa shape index (κ3) is 5.32. The third-order valence-electron chi connectivity index (χ3n) is 3.45. The van der Waals surface area contributed by atoms with Gasteiger partial charge < -0.3 is 5.32 Å². The average Bonchev–Trinajstić information content (AvgIpc) is 3.01. The fourth-order valence-electron chi connectivity index (χ4n) is 2.07. The maximum atomic E-state index is 12.2. The van der Waals surface area contributed by atoms with Crippen molar-refractivity contribution in [3.05, 3.63) is 36.2 Å². The van der Waals surface area contributed by atoms with Gasteiger partial charge in [-0.3, -0.25) is 14.7 Å². The molecule has 0 aliphatic carbocycles. The van der Waals surface area contributed by atoms with E-state index in [0.29, 0.717) is 17.6 Å². The van der Waals surface area contributed by atoms with Gasteiger partial charge in [0.15, 0.2) is 5.16 Å². The molecule has 0 bridgehead atoms. The highest BCUT2D eigenvalue weighted by atomic mass is 32.2. The summed E-state index contributed by atoms with van der Waals surface area (Å²) in [6, 6.07) is 7.38. The molecule has 3 amide bonds. The number of nitrogens with one attached hydrogen (secondary N) is 2. The van der Waals surface area contributed by atoms with E-state index in [1.165, 1.54) is 11.8 Å². The van der Waals surface area contributed by atoms with E-state index in [9.17, 15) is 9.59 Å². The van der Waals surface area contributed by atoms with Gasteiger partial charge in [-0.15, -0.1) is 10.2 Å². The molecule has 134 valence electrons. The van der Waals surface area contributed by atoms with Crippen molar-refractivity contribution in [2.75, 3.05) is 6.54 Å². The number of carbonyl (C=O) groups excluding carboxylic acids is 2. The second-order valence-electron chi connectivity index (χ2n) is 6.12. The van der Waals surface area contributed by atoms with E-state index in [0.717, 1.165) is 11.3 Å². The van der Waals surface area contributed by atoms with Crippen LogP contribution in [0.15, 0.2) is 35.7 Å². The van der Waals surface area contributed by atoms with Gasteiger partial charge in [0.1, 0.15) is 6.33 Å². The molecule has 0 saturated carbocycles. The summed E-state index contributed by atoms with van der Waals surface area (Å²) >= 11 is 1.25. The normalized spacial score (nSPS) is 12.0. The Kier molecular flexibility index (Phi) is 6.58. The van der Waals surface area contributed by atoms with E-state index in [1.54, 1.807) is 13.3 Å². The molecule has 2 N–H and O–H groups in total. The summed E-state index contributed by atoms with van der Waals surface area (Å²) in [7, 11) is 0. The van der Waals surface area contributed by atoms with Gasteiger partial charge in [0.05, 0.1) is 10.9 Å². The van der Waals surface area contributed by atoms with Crippen LogP contribution in [-0.4, -0.2) is 38.5 Å². The van der Waals surface area contributed by atoms with E-state index in [4.69, 9.17) is 0 Å². The van der Waals surface area contributed by atoms with Crippen LogP contribution in [0.2, 0.25) is 0 Å². The number of hydrogen-bond acceptors (Lipinski definition) is 5. The summed E-state index contributed by atoms with van der Waals surface area (Å²) in [6.07, 6.45) is 1.62. The molecule has 0 unspecified atom stereocenters. The molecule has 0 aliphatic heterocycles. The van der Waals surface area contributed by atoms with Crippen molar-refractivity contribution >= 4 is 23.7 Å². The maximum absolute atomic E-state index is 12.2. The molecular weight excluding hydrogens is 338 g/mol. The Morgan fingerprint density at radius 2 is 1.96 bits per heavy atom. The lowest BCUT2D eigenvalue weighted by Crippen LogP contribution is -2.43. The number of para-hydroxylation sites is 1. The van der Waals surface area contributed by atoms with Crippen molar-refractivity contribution in [2.45, 2.75) is 38.1 Å². The van der Waals surface area contributed by atoms with Crippen molar-refractivity contribution in [2.24, 2.45) is 5.92 Å². The number of urea groups is 1. The molecule has 1 atom stereocenters. The van der Waals surface area contributed by atoms with Crippen LogP contribution in [0.3, 0.4) is 0 Å². The second-order valence-corrected chi connectivity index (χ2v) is 7.43. The highest BCUT2D eigenvalue weighted by molar-refractivity contribution is 8.00. The van der Waals surface area contributed by atoms with Crippen LogP contribution in [0, 0.1) is 12.8 Å². The minimum Gasteiger partial charge on any atom is -0.338 e. The molecule has 1 aromatic carbocycles. The molecule has 8 heteroatoms. The predicted molar refractivity (Wildman–Crippen MR) is 97.8 cm³/mol. The van der Waals surface area contributed by atoms with Crippen LogP contribution in [0.1, 0.15) is 26.3 Å². The van der Waals surface area contributed by atoms with Gasteiger partial charge in [-0.25, -0.2) is 4.79 Å². The average molecular weight is 361 g/mol. The molecule has 1 heterocycles. The fourth-order valence-corrected chi connectivity index (χ4v) is 2.91. The largest absolute Gasteiger partial charge is 0.338 e. The first kappa shape index (κ1) is 19.0. The van der Waals surface area contributed by atoms with Gasteiger partial charge >= 0.3 is 6.03 Å². The molecule has 2 aromatic rings. The topological polar surface area (TPSA) is 88.9 Å². The SMILES string of the molecule is Cc1ccccc1-n1cnnc1S[C@H](C)C(=O)NC(=O)NCC(C)C. The van der Waals surface area contributed by atoms with Crippen LogP contribution in [0.25, 0.3) is 5.69 Å². The molecule has 2 rings (SSSR count). The highest BCUT2D eigenvalue weighted by Gasteiger charge is 2.20. The molecule has 0 saturated heterocycles. The molecule has 1 aromatic heterocycles. The van der Waals surface area contributed by atoms with Crippen molar-refractivity contribution in [1.82, 2.24) is 25.4 Å². The Balaban J connectivity index is 2.01. The van der Waals surface area contributed by atoms with Crippen molar-refractivity contribution in [3.8, 4) is 5.69 Å². The minimum atomic E-state index is -0.489. The summed E-state index contributed by atoms with van der Waals surface area (Å²) in [5.74, 6) is -0.0501. The van der Waals surface area contributed by atoms with Crippen LogP contribution < -0.4 is 10.6 Å². The zero-order valence-corrected chi connectivity index (χ0v) is 15.6. The number of benzene rings is 1. The Morgan fingerprint density at radius 1 is 1.24 bits per heavy atom. The van der Waals surface area contributed by atoms with Crippen LogP contribution >= 0.6 is 11.8 Å². The monoisotopic (exact) mass is 361 g/mol. The number of nitrogens with zero attached hydrogens (tertiary/aromatic N) is 3. The smallest absolute Gasteiger partial charge is 0.321 e. The summed E-state index contributed by atoms with van der Waals surface area (Å²) in [5, 5.41) is 13.1. The summed E-state index contributed by atoms with van der Waals surface area (Å²) in [4.78, 5) is 23.9. The first-order chi connectivity index (χ1) is 11.9. The van der Waals surface area contributed by atoms with E-state index in [1.807, 2.05) is 49.6 Å². The van der Waals surface area contributed by atoms with Crippen LogP contribution in [0.4, 0.5) is 4.79 Å². The Morgan fingerprint density at radius 3 is 2.64 bits per heavy atom. The highest BCUT2D eigenvalue weighted by Crippen LogP contribution is 2.25. The first-order valence-electron chi connectivity index (χ1n) is 8.10. The predicted octanol–water partition coefficient (Wildman–Crippen LogP) is 2.54. The number of aromatic nitrogens is 3. The molecule has 25 heavy (non-hydrogen) atoms. The van der Waals surface area contributed by atoms with Gasteiger partial charge in [-0.05, 0) is 31.4 Å². The first-order valence-corrected chi connectivity index (χ1v) is 8.97. The van der Waals surface area contributed by atoms with Gasteiger partial charge in [0.2, 0.25) is 5.91 Å². The summed E-state index contributed by atoms with van der Waals surface area (Å²) < 4.78 is 1.84. The number of aryl methyl sites for hydroxylation is 1. The van der Waals surface area contributed by atoms with Gasteiger partial charge in [0.25, 0.3) is 0 Å². The Labute approximate surface area is 151 Å². The number of thioether (sulfide) groups is 1. The zero-order chi connectivity index (χ0) is 18.4. The molecule has 7 nitrogen and oxygen atoms in total. The molecule has 0 spiro atoms. The lowest BCUT2D eigenvalue weighted by atomic mass is 10.2. The lowest BCUT2D eigenvalue weighted by Gasteiger charge is -2.13. The molecule has 0 radical (unpaired) electrons. The number of imide groups is 1. The summed E-state index contributed by atoms with van der Waals surface area (Å²) in [6.45, 7) is 8.21. The standard InChI is InChI=1S/C17H23N5O2S/c1-11(2)9-18-16(24)20-15(23)13(4)25-17-21-19-10-22(17)14-8-6-5-7-12(14)3/h5-8,10-11,13H,9H2,1-4H3,(H2,18,20,23,24)/t13-/m1/s1. The van der Waals surface area contributed by atoms with E-state index >= 15 is 0 Å². The van der Waals surface area contributed by atoms with Gasteiger partial charge in [-0.2, -0.15) is 0 Å². The number of rotatable bonds is 6. The third-order valence-corrected chi connectivity index (χ3v) is 4.51. The minimum absolute atomic E-state index is 0.320. The van der Waals surface area contributed by atoms with Crippen molar-refractivity contribution in [1.29, 1.82) is 0 Å². The number of amides is 3. The fraction of sp³-hybridized carbons (Fsp3) is 0.412. The Bertz CT molecular complexity index is 744. The molecular formula is C17H23N5O2S. The van der Waals surface area contributed by atoms with Crippen molar-refractivity contribution < 1.29 is 9.59 Å². The number of carbonyl (C=O) groups is 2. The van der Waals surface area contributed by atoms with E-state index in [2.05, 4.69) is 20.8 Å². The molecule has 0 aliphatic rings. The van der Waals surface area contributed by atoms with Gasteiger partial charge in [0, 0.05) is 6.54 Å². The quantitative estimate of drug-likeness (QED) is 0.772. The lowest BCUT2D eigenvalue weighted by molar-refractivity contribution is -0.119. The Hall–Kier alpha value is -2.35. The number of hydrogen-bond donors (Lipinski definition) is 2. The summed E-state index contributed by atoms with van der Waals surface area (Å²) in [5.41, 5.74) is 2.03. The van der Waals surface area contributed by atoms with Crippen molar-refractivity contribution in [3.63, 3.8) is 0 Å². The van der Waals surface area contributed by atoms with Crippen LogP contribution in [-0.2, 0) is 4.79 Å². The van der Waals surface area contributed by atoms with E-state index in [-0.39, 0.29) is 5.91 Å².